The minimum atomic E-state index is -4.71. The molecule has 0 spiro atoms. The van der Waals surface area contributed by atoms with E-state index in [1.54, 1.807) is 6.07 Å². The summed E-state index contributed by atoms with van der Waals surface area (Å²) in [5.41, 5.74) is -0.157. The molecule has 0 aromatic heterocycles. The Morgan fingerprint density at radius 2 is 2.00 bits per heavy atom. The highest BCUT2D eigenvalue weighted by molar-refractivity contribution is 7.89. The zero-order valence-corrected chi connectivity index (χ0v) is 11.6. The van der Waals surface area contributed by atoms with Crippen LogP contribution in [0.5, 0.6) is 0 Å². The Morgan fingerprint density at radius 1 is 1.36 bits per heavy atom. The van der Waals surface area contributed by atoms with Crippen LogP contribution in [0, 0.1) is 11.3 Å². The van der Waals surface area contributed by atoms with E-state index in [-0.39, 0.29) is 11.3 Å². The van der Waals surface area contributed by atoms with Crippen molar-refractivity contribution in [3.8, 4) is 6.07 Å². The van der Waals surface area contributed by atoms with Gasteiger partial charge in [0.2, 0.25) is 10.0 Å². The number of nitriles is 1. The summed E-state index contributed by atoms with van der Waals surface area (Å²) >= 11 is 0. The number of anilines is 1. The van der Waals surface area contributed by atoms with Crippen LogP contribution in [-0.4, -0.2) is 38.8 Å². The average Bonchev–Trinajstić information content (AvgIpc) is 2.42. The molecule has 0 heterocycles. The molecule has 0 radical (unpaired) electrons. The second-order valence-corrected chi connectivity index (χ2v) is 5.77. The zero-order chi connectivity index (χ0) is 17.0. The third-order valence-electron chi connectivity index (χ3n) is 2.31. The molecule has 0 aliphatic rings. The van der Waals surface area contributed by atoms with Crippen molar-refractivity contribution in [2.75, 3.05) is 18.4 Å². The van der Waals surface area contributed by atoms with Gasteiger partial charge >= 0.3 is 12.1 Å². The molecule has 0 saturated carbocycles. The van der Waals surface area contributed by atoms with Gasteiger partial charge in [-0.3, -0.25) is 4.79 Å². The molecule has 3 N–H and O–H groups in total. The van der Waals surface area contributed by atoms with Gasteiger partial charge in [-0.2, -0.15) is 18.4 Å². The lowest BCUT2D eigenvalue weighted by atomic mass is 10.2. The summed E-state index contributed by atoms with van der Waals surface area (Å²) in [6, 6.07) is 4.55. The number of carboxylic acid groups (broad SMARTS) is 1. The first kappa shape index (κ1) is 17.7. The Labute approximate surface area is 123 Å². The minimum absolute atomic E-state index is 0.0553. The fourth-order valence-corrected chi connectivity index (χ4v) is 2.41. The van der Waals surface area contributed by atoms with Crippen LogP contribution in [0.15, 0.2) is 23.1 Å². The van der Waals surface area contributed by atoms with Crippen molar-refractivity contribution >= 4 is 21.7 Å². The van der Waals surface area contributed by atoms with Crippen LogP contribution in [0.25, 0.3) is 0 Å². The van der Waals surface area contributed by atoms with Gasteiger partial charge in [0, 0.05) is 0 Å². The standard InChI is InChI=1S/C11H10F3N3O4S/c12-11(13,14)6-17-22(20,21)8-1-2-9(7(3-8)4-15)16-5-10(18)19/h1-3,16-17H,5-6H2,(H,18,19). The van der Waals surface area contributed by atoms with Crippen LogP contribution >= 0.6 is 0 Å². The monoisotopic (exact) mass is 337 g/mol. The van der Waals surface area contributed by atoms with E-state index < -0.39 is 40.2 Å². The Kier molecular flexibility index (Phi) is 5.34. The fraction of sp³-hybridized carbons (Fsp3) is 0.273. The fourth-order valence-electron chi connectivity index (χ4n) is 1.37. The third kappa shape index (κ3) is 5.23. The maximum atomic E-state index is 12.0. The zero-order valence-electron chi connectivity index (χ0n) is 10.8. The number of hydrogen-bond acceptors (Lipinski definition) is 5. The second-order valence-electron chi connectivity index (χ2n) is 4.01. The molecule has 0 aliphatic heterocycles. The first-order valence-corrected chi connectivity index (χ1v) is 7.10. The highest BCUT2D eigenvalue weighted by atomic mass is 32.2. The normalized spacial score (nSPS) is 11.7. The summed E-state index contributed by atoms with van der Waals surface area (Å²) in [4.78, 5) is 9.89. The summed E-state index contributed by atoms with van der Waals surface area (Å²) in [6.07, 6.45) is -4.71. The third-order valence-corrected chi connectivity index (χ3v) is 3.71. The number of carboxylic acids is 1. The smallest absolute Gasteiger partial charge is 0.402 e. The first-order valence-electron chi connectivity index (χ1n) is 5.61. The lowest BCUT2D eigenvalue weighted by molar-refractivity contribution is -0.135. The number of halogens is 3. The second kappa shape index (κ2) is 6.63. The van der Waals surface area contributed by atoms with Gasteiger partial charge < -0.3 is 10.4 Å². The van der Waals surface area contributed by atoms with Gasteiger partial charge in [-0.05, 0) is 18.2 Å². The van der Waals surface area contributed by atoms with E-state index >= 15 is 0 Å². The van der Waals surface area contributed by atoms with Crippen LogP contribution in [0.3, 0.4) is 0 Å². The number of hydrogen-bond donors (Lipinski definition) is 3. The molecule has 0 bridgehead atoms. The SMILES string of the molecule is N#Cc1cc(S(=O)(=O)NCC(F)(F)F)ccc1NCC(=O)O. The van der Waals surface area contributed by atoms with Crippen molar-refractivity contribution in [1.29, 1.82) is 5.26 Å². The van der Waals surface area contributed by atoms with E-state index in [4.69, 9.17) is 10.4 Å². The number of carbonyl (C=O) groups is 1. The van der Waals surface area contributed by atoms with E-state index in [1.165, 1.54) is 4.72 Å². The Balaban J connectivity index is 3.02. The van der Waals surface area contributed by atoms with E-state index in [9.17, 15) is 26.4 Å². The summed E-state index contributed by atoms with van der Waals surface area (Å²) in [7, 11) is -4.44. The molecule has 0 atom stereocenters. The van der Waals surface area contributed by atoms with Gasteiger partial charge in [0.25, 0.3) is 0 Å². The number of sulfonamides is 1. The molecule has 0 aliphatic carbocycles. The number of aliphatic carboxylic acids is 1. The highest BCUT2D eigenvalue weighted by Gasteiger charge is 2.30. The van der Waals surface area contributed by atoms with Crippen molar-refractivity contribution in [2.24, 2.45) is 0 Å². The quantitative estimate of drug-likeness (QED) is 0.709. The van der Waals surface area contributed by atoms with Gasteiger partial charge in [0.05, 0.1) is 16.1 Å². The molecule has 120 valence electrons. The van der Waals surface area contributed by atoms with Crippen molar-refractivity contribution < 1.29 is 31.5 Å². The first-order chi connectivity index (χ1) is 10.0. The molecule has 0 saturated heterocycles. The number of nitrogens with one attached hydrogen (secondary N) is 2. The molecule has 1 rings (SSSR count). The Hall–Kier alpha value is -2.32. The topological polar surface area (TPSA) is 119 Å². The molecule has 1 aromatic rings. The minimum Gasteiger partial charge on any atom is -0.480 e. The van der Waals surface area contributed by atoms with Crippen LogP contribution in [0.1, 0.15) is 5.56 Å². The van der Waals surface area contributed by atoms with Crippen LogP contribution in [-0.2, 0) is 14.8 Å². The van der Waals surface area contributed by atoms with E-state index in [0.717, 1.165) is 18.2 Å². The molecule has 0 unspecified atom stereocenters. The van der Waals surface area contributed by atoms with Crippen molar-refractivity contribution in [3.63, 3.8) is 0 Å². The van der Waals surface area contributed by atoms with Gasteiger partial charge in [-0.25, -0.2) is 13.1 Å². The molecule has 0 amide bonds. The summed E-state index contributed by atoms with van der Waals surface area (Å²) in [6.45, 7) is -2.25. The van der Waals surface area contributed by atoms with Crippen molar-refractivity contribution in [3.05, 3.63) is 23.8 Å². The molecular formula is C11H10F3N3O4S. The molecule has 11 heteroatoms. The van der Waals surface area contributed by atoms with Gasteiger partial charge in [0.15, 0.2) is 0 Å². The van der Waals surface area contributed by atoms with Crippen LogP contribution < -0.4 is 10.0 Å². The van der Waals surface area contributed by atoms with Gasteiger partial charge in [0.1, 0.15) is 19.2 Å². The maximum absolute atomic E-state index is 12.0. The Bertz CT molecular complexity index is 710. The summed E-state index contributed by atoms with van der Waals surface area (Å²) < 4.78 is 60.9. The number of alkyl halides is 3. The van der Waals surface area contributed by atoms with Crippen LogP contribution in [0.2, 0.25) is 0 Å². The highest BCUT2D eigenvalue weighted by Crippen LogP contribution is 2.20. The van der Waals surface area contributed by atoms with Crippen molar-refractivity contribution in [2.45, 2.75) is 11.1 Å². The molecule has 1 aromatic carbocycles. The molecule has 0 fully saturated rings. The molecule has 7 nitrogen and oxygen atoms in total. The summed E-state index contributed by atoms with van der Waals surface area (Å²) in [5, 5.41) is 19.8. The number of benzene rings is 1. The van der Waals surface area contributed by atoms with Crippen LogP contribution in [0.4, 0.5) is 18.9 Å². The van der Waals surface area contributed by atoms with E-state index in [0.29, 0.717) is 0 Å². The molecular weight excluding hydrogens is 327 g/mol. The van der Waals surface area contributed by atoms with E-state index in [2.05, 4.69) is 5.32 Å². The summed E-state index contributed by atoms with van der Waals surface area (Å²) in [5.74, 6) is -1.20. The Morgan fingerprint density at radius 3 is 2.50 bits per heavy atom. The van der Waals surface area contributed by atoms with Crippen molar-refractivity contribution in [1.82, 2.24) is 4.72 Å². The van der Waals surface area contributed by atoms with E-state index in [1.807, 2.05) is 0 Å². The number of nitrogens with zero attached hydrogens (tertiary/aromatic N) is 1. The predicted octanol–water partition coefficient (Wildman–Crippen LogP) is 0.895. The van der Waals surface area contributed by atoms with Gasteiger partial charge in [-0.15, -0.1) is 0 Å². The molecule has 22 heavy (non-hydrogen) atoms. The maximum Gasteiger partial charge on any atom is 0.402 e. The average molecular weight is 337 g/mol. The lowest BCUT2D eigenvalue weighted by Crippen LogP contribution is -2.33. The predicted molar refractivity (Wildman–Crippen MR) is 68.5 cm³/mol. The number of rotatable bonds is 6. The largest absolute Gasteiger partial charge is 0.480 e. The lowest BCUT2D eigenvalue weighted by Gasteiger charge is -2.11. The van der Waals surface area contributed by atoms with Gasteiger partial charge in [-0.1, -0.05) is 0 Å².